The van der Waals surface area contributed by atoms with Crippen LogP contribution in [-0.4, -0.2) is 18.5 Å². The molecule has 0 spiro atoms. The van der Waals surface area contributed by atoms with E-state index in [1.54, 1.807) is 0 Å². The Bertz CT molecular complexity index is 1340. The second-order valence-corrected chi connectivity index (χ2v) is 7.27. The first-order valence-electron chi connectivity index (χ1n) is 9.24. The van der Waals surface area contributed by atoms with Gasteiger partial charge in [-0.3, -0.25) is 0 Å². The van der Waals surface area contributed by atoms with Crippen molar-refractivity contribution >= 4 is 39.2 Å². The van der Waals surface area contributed by atoms with Crippen molar-refractivity contribution in [2.75, 3.05) is 19.0 Å². The van der Waals surface area contributed by atoms with Gasteiger partial charge in [0.25, 0.3) is 5.65 Å². The number of aryl methyl sites for hydroxylation is 1. The molecule has 0 saturated heterocycles. The maximum atomic E-state index is 2.39. The van der Waals surface area contributed by atoms with Gasteiger partial charge in [-0.25, -0.2) is 4.57 Å². The summed E-state index contributed by atoms with van der Waals surface area (Å²) in [5, 5.41) is 3.80. The third kappa shape index (κ3) is 2.32. The van der Waals surface area contributed by atoms with Gasteiger partial charge in [0, 0.05) is 25.2 Å². The Morgan fingerprint density at radius 1 is 0.815 bits per heavy atom. The lowest BCUT2D eigenvalue weighted by Gasteiger charge is -2.11. The zero-order valence-corrected chi connectivity index (χ0v) is 15.8. The van der Waals surface area contributed by atoms with E-state index in [1.165, 1.54) is 44.1 Å². The van der Waals surface area contributed by atoms with Gasteiger partial charge >= 0.3 is 0 Å². The fraction of sp³-hybridized carbons (Fsp3) is 0.125. The molecule has 0 saturated carbocycles. The Labute approximate surface area is 158 Å². The van der Waals surface area contributed by atoms with Crippen molar-refractivity contribution in [1.29, 1.82) is 0 Å². The highest BCUT2D eigenvalue weighted by molar-refractivity contribution is 5.98. The van der Waals surface area contributed by atoms with Gasteiger partial charge < -0.3 is 4.90 Å². The maximum absolute atomic E-state index is 2.39. The van der Waals surface area contributed by atoms with E-state index in [9.17, 15) is 0 Å². The molecule has 0 bridgehead atoms. The number of nitrogens with zero attached hydrogens (tertiary/aromatic N) is 3. The minimum Gasteiger partial charge on any atom is -0.378 e. The number of benzene rings is 3. The number of hydrogen-bond donors (Lipinski definition) is 0. The van der Waals surface area contributed by atoms with Gasteiger partial charge in [0.2, 0.25) is 0 Å². The number of hydrogen-bond acceptors (Lipinski definition) is 1. The predicted molar refractivity (Wildman–Crippen MR) is 113 cm³/mol. The molecule has 0 amide bonds. The van der Waals surface area contributed by atoms with Crippen LogP contribution in [0, 0.1) is 0 Å². The van der Waals surface area contributed by atoms with Crippen LogP contribution in [-0.2, 0) is 7.05 Å². The average Bonchev–Trinajstić information content (AvgIpc) is 3.17. The molecule has 2 aromatic heterocycles. The van der Waals surface area contributed by atoms with Gasteiger partial charge in [-0.2, -0.15) is 4.40 Å². The first-order chi connectivity index (χ1) is 13.1. The molecule has 0 radical (unpaired) electrons. The highest BCUT2D eigenvalue weighted by Crippen LogP contribution is 2.22. The van der Waals surface area contributed by atoms with E-state index in [-0.39, 0.29) is 0 Å². The van der Waals surface area contributed by atoms with Crippen LogP contribution < -0.4 is 14.8 Å². The highest BCUT2D eigenvalue weighted by Gasteiger charge is 2.22. The van der Waals surface area contributed by atoms with Crippen molar-refractivity contribution in [1.82, 2.24) is 4.40 Å². The van der Waals surface area contributed by atoms with Crippen LogP contribution in [0.3, 0.4) is 0 Å². The third-order valence-corrected chi connectivity index (χ3v) is 5.41. The van der Waals surface area contributed by atoms with E-state index in [0.29, 0.717) is 0 Å². The Balaban J connectivity index is 1.91. The molecule has 5 aromatic rings. The van der Waals surface area contributed by atoms with Gasteiger partial charge in [-0.05, 0) is 48.0 Å². The van der Waals surface area contributed by atoms with Crippen molar-refractivity contribution in [3.05, 3.63) is 83.7 Å². The number of anilines is 1. The molecule has 0 unspecified atom stereocenters. The van der Waals surface area contributed by atoms with Crippen LogP contribution in [0.25, 0.3) is 33.5 Å². The number of rotatable bonds is 2. The minimum absolute atomic E-state index is 1.21. The Kier molecular flexibility index (Phi) is 3.44. The van der Waals surface area contributed by atoms with E-state index >= 15 is 0 Å². The first-order valence-corrected chi connectivity index (χ1v) is 9.24. The lowest BCUT2D eigenvalue weighted by atomic mass is 10.1. The lowest BCUT2D eigenvalue weighted by Crippen LogP contribution is -2.27. The average molecular weight is 352 g/mol. The molecular weight excluding hydrogens is 330 g/mol. The predicted octanol–water partition coefficient (Wildman–Crippen LogP) is 3.68. The normalized spacial score (nSPS) is 12.5. The molecule has 0 N–H and O–H groups in total. The molecule has 3 nitrogen and oxygen atoms in total. The number of aromatic nitrogens is 2. The summed E-state index contributed by atoms with van der Waals surface area (Å²) >= 11 is 0. The third-order valence-electron chi connectivity index (χ3n) is 5.41. The molecule has 0 fully saturated rings. The molecule has 5 rings (SSSR count). The lowest BCUT2D eigenvalue weighted by molar-refractivity contribution is -0.617. The van der Waals surface area contributed by atoms with Crippen LogP contribution in [0.4, 0.5) is 5.69 Å². The summed E-state index contributed by atoms with van der Waals surface area (Å²) in [6.07, 6.45) is 2.29. The Hall–Kier alpha value is -3.33. The quantitative estimate of drug-likeness (QED) is 0.441. The molecular formula is C24H22N3+. The zero-order valence-electron chi connectivity index (χ0n) is 15.8. The summed E-state index contributed by atoms with van der Waals surface area (Å²) in [7, 11) is 6.29. The van der Waals surface area contributed by atoms with Crippen LogP contribution in [0.15, 0.2) is 72.8 Å². The molecule has 132 valence electrons. The molecule has 3 heteroatoms. The standard InChI is InChI=1S/C24H22N3/c1-25(2)18-14-12-17(13-15-18)16-23-19-8-4-5-9-20(19)24-26(3)21-10-6-7-11-22(21)27(23)24/h4-16H,1-3H3/q+1. The molecule has 0 aliphatic rings. The van der Waals surface area contributed by atoms with Crippen molar-refractivity contribution in [3.8, 4) is 0 Å². The molecule has 0 atom stereocenters. The van der Waals surface area contributed by atoms with Crippen LogP contribution >= 0.6 is 0 Å². The molecule has 0 aliphatic heterocycles. The first kappa shape index (κ1) is 15.9. The topological polar surface area (TPSA) is 11.5 Å². The Morgan fingerprint density at radius 3 is 2.22 bits per heavy atom. The van der Waals surface area contributed by atoms with E-state index < -0.39 is 0 Å². The van der Waals surface area contributed by atoms with Crippen molar-refractivity contribution in [2.24, 2.45) is 7.05 Å². The van der Waals surface area contributed by atoms with Crippen LogP contribution in [0.5, 0.6) is 0 Å². The van der Waals surface area contributed by atoms with Crippen molar-refractivity contribution in [2.45, 2.75) is 0 Å². The number of fused-ring (bicyclic) bond motifs is 5. The fourth-order valence-electron chi connectivity index (χ4n) is 4.05. The summed E-state index contributed by atoms with van der Waals surface area (Å²) in [6.45, 7) is 0. The summed E-state index contributed by atoms with van der Waals surface area (Å²) in [5.74, 6) is 0. The maximum Gasteiger partial charge on any atom is 0.295 e. The summed E-state index contributed by atoms with van der Waals surface area (Å²) in [4.78, 5) is 2.12. The molecule has 0 aliphatic carbocycles. The minimum atomic E-state index is 1.21. The van der Waals surface area contributed by atoms with Crippen molar-refractivity contribution < 1.29 is 4.57 Å². The second kappa shape index (κ2) is 5.85. The van der Waals surface area contributed by atoms with Gasteiger partial charge in [-0.15, -0.1) is 0 Å². The highest BCUT2D eigenvalue weighted by atomic mass is 15.1. The molecule has 27 heavy (non-hydrogen) atoms. The number of para-hydroxylation sites is 2. The monoisotopic (exact) mass is 352 g/mol. The zero-order chi connectivity index (χ0) is 18.5. The van der Waals surface area contributed by atoms with Gasteiger partial charge in [-0.1, -0.05) is 36.4 Å². The smallest absolute Gasteiger partial charge is 0.295 e. The van der Waals surface area contributed by atoms with E-state index in [4.69, 9.17) is 0 Å². The largest absolute Gasteiger partial charge is 0.378 e. The van der Waals surface area contributed by atoms with Crippen molar-refractivity contribution in [3.63, 3.8) is 0 Å². The molecule has 2 heterocycles. The summed E-state index contributed by atoms with van der Waals surface area (Å²) in [5.41, 5.74) is 6.14. The van der Waals surface area contributed by atoms with E-state index in [2.05, 4.69) is 114 Å². The number of imidazole rings is 1. The summed E-state index contributed by atoms with van der Waals surface area (Å²) < 4.78 is 4.68. The van der Waals surface area contributed by atoms with Crippen LogP contribution in [0.1, 0.15) is 5.56 Å². The Morgan fingerprint density at radius 2 is 1.48 bits per heavy atom. The second-order valence-electron chi connectivity index (χ2n) is 7.27. The van der Waals surface area contributed by atoms with Gasteiger partial charge in [0.15, 0.2) is 11.0 Å². The fourth-order valence-corrected chi connectivity index (χ4v) is 4.05. The van der Waals surface area contributed by atoms with Crippen LogP contribution in [0.2, 0.25) is 0 Å². The SMILES string of the molecule is CN(C)c1ccc(C=c2c3ccccc3c3n2c2ccccc2[n+]3C)cc1. The summed E-state index contributed by atoms with van der Waals surface area (Å²) in [6, 6.07) is 26.0. The van der Waals surface area contributed by atoms with E-state index in [1.807, 2.05) is 0 Å². The molecule has 3 aromatic carbocycles. The van der Waals surface area contributed by atoms with Gasteiger partial charge in [0.05, 0.1) is 12.4 Å². The van der Waals surface area contributed by atoms with Gasteiger partial charge in [0.1, 0.15) is 5.35 Å². The van der Waals surface area contributed by atoms with E-state index in [0.717, 1.165) is 0 Å².